The Labute approximate surface area is 191 Å². The fourth-order valence-corrected chi connectivity index (χ4v) is 3.10. The molecule has 0 bridgehead atoms. The fourth-order valence-electron chi connectivity index (χ4n) is 2.72. The zero-order chi connectivity index (χ0) is 23.1. The van der Waals surface area contributed by atoms with Crippen LogP contribution in [-0.4, -0.2) is 17.0 Å². The molecular formula is C24H16BrFN2O4. The number of carbonyl (C=O) groups excluding carboxylic acids is 1. The molecule has 0 spiro atoms. The minimum absolute atomic E-state index is 0.0332. The van der Waals surface area contributed by atoms with Crippen molar-refractivity contribution in [1.82, 2.24) is 0 Å². The highest BCUT2D eigenvalue weighted by atomic mass is 79.9. The van der Waals surface area contributed by atoms with Gasteiger partial charge in [-0.25, -0.2) is 9.18 Å². The van der Waals surface area contributed by atoms with E-state index in [1.807, 2.05) is 6.07 Å². The van der Waals surface area contributed by atoms with Crippen molar-refractivity contribution >= 4 is 39.6 Å². The number of hydrogen-bond acceptors (Lipinski definition) is 4. The van der Waals surface area contributed by atoms with Gasteiger partial charge in [0.2, 0.25) is 0 Å². The van der Waals surface area contributed by atoms with Gasteiger partial charge in [0.1, 0.15) is 29.8 Å². The topological polar surface area (TPSA) is 99.4 Å². The van der Waals surface area contributed by atoms with Gasteiger partial charge in [-0.15, -0.1) is 0 Å². The third-order valence-corrected chi connectivity index (χ3v) is 4.85. The predicted molar refractivity (Wildman–Crippen MR) is 120 cm³/mol. The summed E-state index contributed by atoms with van der Waals surface area (Å²) in [5.41, 5.74) is 1.10. The molecular weight excluding hydrogens is 479 g/mol. The maximum atomic E-state index is 13.8. The van der Waals surface area contributed by atoms with Crippen molar-refractivity contribution in [3.63, 3.8) is 0 Å². The number of ether oxygens (including phenoxy) is 1. The summed E-state index contributed by atoms with van der Waals surface area (Å²) >= 11 is 3.35. The summed E-state index contributed by atoms with van der Waals surface area (Å²) in [7, 11) is 0. The standard InChI is InChI=1S/C24H16BrFN2O4/c25-19-9-10-22(32-14-15-5-7-16(8-6-15)24(30)31)17(12-19)11-18(13-27)23(29)28-21-4-2-1-3-20(21)26/h1-12H,14H2,(H,28,29)(H,30,31)/b18-11-. The first-order valence-corrected chi connectivity index (χ1v) is 10.1. The normalized spacial score (nSPS) is 10.8. The number of nitriles is 1. The van der Waals surface area contributed by atoms with E-state index >= 15 is 0 Å². The SMILES string of the molecule is N#C/C(=C/c1cc(Br)ccc1OCc1ccc(C(=O)O)cc1)C(=O)Nc1ccccc1F. The lowest BCUT2D eigenvalue weighted by atomic mass is 10.1. The van der Waals surface area contributed by atoms with Crippen LogP contribution in [0.1, 0.15) is 21.5 Å². The van der Waals surface area contributed by atoms with Crippen LogP contribution in [0.15, 0.2) is 76.8 Å². The Bertz CT molecular complexity index is 1230. The van der Waals surface area contributed by atoms with Crippen molar-refractivity contribution in [2.45, 2.75) is 6.61 Å². The highest BCUT2D eigenvalue weighted by Crippen LogP contribution is 2.27. The lowest BCUT2D eigenvalue weighted by molar-refractivity contribution is -0.112. The summed E-state index contributed by atoms with van der Waals surface area (Å²) in [6, 6.07) is 18.8. The molecule has 0 unspecified atom stereocenters. The molecule has 2 N–H and O–H groups in total. The number of nitrogens with one attached hydrogen (secondary N) is 1. The summed E-state index contributed by atoms with van der Waals surface area (Å²) in [5, 5.41) is 20.8. The first kappa shape index (κ1) is 22.7. The van der Waals surface area contributed by atoms with Gasteiger partial charge in [0.15, 0.2) is 0 Å². The van der Waals surface area contributed by atoms with E-state index in [9.17, 15) is 19.2 Å². The van der Waals surface area contributed by atoms with E-state index in [1.165, 1.54) is 36.4 Å². The first-order valence-electron chi connectivity index (χ1n) is 9.29. The molecule has 3 rings (SSSR count). The van der Waals surface area contributed by atoms with Crippen molar-refractivity contribution < 1.29 is 23.8 Å². The summed E-state index contributed by atoms with van der Waals surface area (Å²) in [6.45, 7) is 0.145. The molecule has 0 saturated carbocycles. The minimum atomic E-state index is -1.02. The van der Waals surface area contributed by atoms with Crippen LogP contribution in [0.2, 0.25) is 0 Å². The molecule has 6 nitrogen and oxygen atoms in total. The molecule has 160 valence electrons. The fraction of sp³-hybridized carbons (Fsp3) is 0.0417. The second kappa shape index (κ2) is 10.4. The quantitative estimate of drug-likeness (QED) is 0.337. The molecule has 0 atom stereocenters. The predicted octanol–water partition coefficient (Wildman–Crippen LogP) is 5.41. The summed E-state index contributed by atoms with van der Waals surface area (Å²) < 4.78 is 20.3. The molecule has 0 aliphatic carbocycles. The molecule has 0 saturated heterocycles. The zero-order valence-electron chi connectivity index (χ0n) is 16.5. The summed E-state index contributed by atoms with van der Waals surface area (Å²) in [4.78, 5) is 23.5. The summed E-state index contributed by atoms with van der Waals surface area (Å²) in [6.07, 6.45) is 1.35. The van der Waals surface area contributed by atoms with Crippen LogP contribution in [0, 0.1) is 17.1 Å². The Morgan fingerprint density at radius 2 is 1.84 bits per heavy atom. The summed E-state index contributed by atoms with van der Waals surface area (Å²) in [5.74, 6) is -1.98. The molecule has 0 aromatic heterocycles. The highest BCUT2D eigenvalue weighted by Gasteiger charge is 2.14. The van der Waals surface area contributed by atoms with Crippen molar-refractivity contribution in [2.75, 3.05) is 5.32 Å². The van der Waals surface area contributed by atoms with Crippen molar-refractivity contribution in [3.05, 3.63) is 99.3 Å². The number of hydrogen-bond donors (Lipinski definition) is 2. The number of carbonyl (C=O) groups is 2. The third-order valence-electron chi connectivity index (χ3n) is 4.35. The maximum Gasteiger partial charge on any atom is 0.335 e. The van der Waals surface area contributed by atoms with E-state index < -0.39 is 17.7 Å². The van der Waals surface area contributed by atoms with E-state index in [1.54, 1.807) is 36.4 Å². The monoisotopic (exact) mass is 494 g/mol. The lowest BCUT2D eigenvalue weighted by Crippen LogP contribution is -2.14. The van der Waals surface area contributed by atoms with Crippen LogP contribution in [-0.2, 0) is 11.4 Å². The molecule has 8 heteroatoms. The number of aromatic carboxylic acids is 1. The Balaban J connectivity index is 1.81. The molecule has 0 fully saturated rings. The molecule has 0 heterocycles. The highest BCUT2D eigenvalue weighted by molar-refractivity contribution is 9.10. The number of anilines is 1. The molecule has 32 heavy (non-hydrogen) atoms. The number of amides is 1. The molecule has 0 aliphatic rings. The molecule has 0 radical (unpaired) electrons. The van der Waals surface area contributed by atoms with Gasteiger partial charge in [0.25, 0.3) is 5.91 Å². The molecule has 1 amide bonds. The van der Waals surface area contributed by atoms with Gasteiger partial charge in [-0.3, -0.25) is 4.79 Å². The molecule has 3 aromatic rings. The van der Waals surface area contributed by atoms with Crippen molar-refractivity contribution in [2.24, 2.45) is 0 Å². The van der Waals surface area contributed by atoms with Gasteiger partial charge >= 0.3 is 5.97 Å². The number of carboxylic acids is 1. The lowest BCUT2D eigenvalue weighted by Gasteiger charge is -2.11. The number of halogens is 2. The average molecular weight is 495 g/mol. The van der Waals surface area contributed by atoms with Crippen LogP contribution in [0.5, 0.6) is 5.75 Å². The zero-order valence-corrected chi connectivity index (χ0v) is 18.1. The van der Waals surface area contributed by atoms with Crippen molar-refractivity contribution in [1.29, 1.82) is 5.26 Å². The Kier molecular flexibility index (Phi) is 7.37. The number of benzene rings is 3. The number of nitrogens with zero attached hydrogens (tertiary/aromatic N) is 1. The smallest absolute Gasteiger partial charge is 0.335 e. The maximum absolute atomic E-state index is 13.8. The number of rotatable bonds is 7. The van der Waals surface area contributed by atoms with Crippen LogP contribution in [0.4, 0.5) is 10.1 Å². The van der Waals surface area contributed by atoms with Gasteiger partial charge < -0.3 is 15.2 Å². The van der Waals surface area contributed by atoms with E-state index in [0.29, 0.717) is 15.8 Å². The minimum Gasteiger partial charge on any atom is -0.488 e. The molecule has 0 aliphatic heterocycles. The van der Waals surface area contributed by atoms with Gasteiger partial charge in [-0.1, -0.05) is 40.2 Å². The van der Waals surface area contributed by atoms with Crippen molar-refractivity contribution in [3.8, 4) is 11.8 Å². The average Bonchev–Trinajstić information content (AvgIpc) is 2.78. The van der Waals surface area contributed by atoms with Crippen LogP contribution in [0.3, 0.4) is 0 Å². The number of para-hydroxylation sites is 1. The van der Waals surface area contributed by atoms with Gasteiger partial charge in [0.05, 0.1) is 11.3 Å². The van der Waals surface area contributed by atoms with Crippen LogP contribution in [0.25, 0.3) is 6.08 Å². The van der Waals surface area contributed by atoms with Gasteiger partial charge in [-0.05, 0) is 54.1 Å². The Morgan fingerprint density at radius 1 is 1.12 bits per heavy atom. The Morgan fingerprint density at radius 3 is 2.50 bits per heavy atom. The Hall–Kier alpha value is -3.96. The van der Waals surface area contributed by atoms with Gasteiger partial charge in [-0.2, -0.15) is 5.26 Å². The second-order valence-corrected chi connectivity index (χ2v) is 7.49. The molecule has 3 aromatic carbocycles. The van der Waals surface area contributed by atoms with E-state index in [4.69, 9.17) is 9.84 Å². The van der Waals surface area contributed by atoms with E-state index in [-0.39, 0.29) is 23.4 Å². The first-order chi connectivity index (χ1) is 15.4. The number of carboxylic acid groups (broad SMARTS) is 1. The van der Waals surface area contributed by atoms with Gasteiger partial charge in [0, 0.05) is 10.0 Å². The van der Waals surface area contributed by atoms with Crippen LogP contribution < -0.4 is 10.1 Å². The van der Waals surface area contributed by atoms with E-state index in [2.05, 4.69) is 21.2 Å². The van der Waals surface area contributed by atoms with E-state index in [0.717, 1.165) is 5.56 Å². The van der Waals surface area contributed by atoms with Crippen LogP contribution >= 0.6 is 15.9 Å². The second-order valence-electron chi connectivity index (χ2n) is 6.58. The largest absolute Gasteiger partial charge is 0.488 e. The third kappa shape index (κ3) is 5.80.